The molecule has 0 atom stereocenters. The summed E-state index contributed by atoms with van der Waals surface area (Å²) < 4.78 is 0. The molecule has 114 valence electrons. The summed E-state index contributed by atoms with van der Waals surface area (Å²) >= 11 is 0. The number of aromatic hydroxyl groups is 2. The molecule has 4 nitrogen and oxygen atoms in total. The fourth-order valence-electron chi connectivity index (χ4n) is 2.91. The van der Waals surface area contributed by atoms with Gasteiger partial charge < -0.3 is 15.1 Å². The van der Waals surface area contributed by atoms with E-state index in [0.29, 0.717) is 18.7 Å². The van der Waals surface area contributed by atoms with E-state index in [4.69, 9.17) is 0 Å². The van der Waals surface area contributed by atoms with E-state index >= 15 is 0 Å². The molecular weight excluding hydrogens is 278 g/mol. The lowest BCUT2D eigenvalue weighted by Crippen LogP contribution is -2.25. The zero-order valence-electron chi connectivity index (χ0n) is 12.7. The van der Waals surface area contributed by atoms with Gasteiger partial charge in [0.1, 0.15) is 17.1 Å². The van der Waals surface area contributed by atoms with Crippen LogP contribution >= 0.6 is 0 Å². The van der Waals surface area contributed by atoms with Crippen molar-refractivity contribution >= 4 is 5.91 Å². The third-order valence-electron chi connectivity index (χ3n) is 4.15. The maximum absolute atomic E-state index is 12.7. The topological polar surface area (TPSA) is 60.8 Å². The molecule has 0 spiro atoms. The van der Waals surface area contributed by atoms with Gasteiger partial charge in [0.15, 0.2) is 0 Å². The van der Waals surface area contributed by atoms with Crippen molar-refractivity contribution in [2.24, 2.45) is 0 Å². The summed E-state index contributed by atoms with van der Waals surface area (Å²) in [5, 5.41) is 20.4. The summed E-state index contributed by atoms with van der Waals surface area (Å²) in [6.45, 7) is 4.87. The Morgan fingerprint density at radius 2 is 1.64 bits per heavy atom. The first-order chi connectivity index (χ1) is 10.5. The van der Waals surface area contributed by atoms with E-state index in [0.717, 1.165) is 11.1 Å². The molecule has 1 amide bonds. The smallest absolute Gasteiger partial charge is 0.262 e. The van der Waals surface area contributed by atoms with Gasteiger partial charge in [0.25, 0.3) is 5.91 Å². The molecule has 2 N–H and O–H groups in total. The van der Waals surface area contributed by atoms with Crippen molar-refractivity contribution in [3.05, 3.63) is 58.7 Å². The van der Waals surface area contributed by atoms with Crippen LogP contribution in [0.1, 0.15) is 46.8 Å². The fourth-order valence-corrected chi connectivity index (χ4v) is 2.91. The Hall–Kier alpha value is -2.49. The number of rotatable bonds is 2. The lowest BCUT2D eigenvalue weighted by Gasteiger charge is -2.19. The van der Waals surface area contributed by atoms with Gasteiger partial charge in [-0.3, -0.25) is 4.79 Å². The average Bonchev–Trinajstić information content (AvgIpc) is 2.90. The minimum atomic E-state index is -0.339. The van der Waals surface area contributed by atoms with Gasteiger partial charge in [0, 0.05) is 13.1 Å². The predicted molar refractivity (Wildman–Crippen MR) is 83.9 cm³/mol. The van der Waals surface area contributed by atoms with E-state index < -0.39 is 0 Å². The number of hydrogen-bond acceptors (Lipinski definition) is 3. The number of phenolic OH excluding ortho intramolecular Hbond substituents is 2. The molecule has 0 aromatic heterocycles. The molecule has 2 aromatic rings. The highest BCUT2D eigenvalue weighted by atomic mass is 16.3. The second-order valence-corrected chi connectivity index (χ2v) is 5.98. The first-order valence-corrected chi connectivity index (χ1v) is 7.40. The van der Waals surface area contributed by atoms with Crippen molar-refractivity contribution < 1.29 is 15.0 Å². The molecule has 1 heterocycles. The fraction of sp³-hybridized carbons (Fsp3) is 0.278. The standard InChI is InChI=1S/C18H19NO3/c1-11(2)14-7-8-15(20)16(17(14)21)18(22)19-9-12-5-3-4-6-13(12)10-19/h3-8,11,20-21H,9-10H2,1-2H3. The SMILES string of the molecule is CC(C)c1ccc(O)c(C(=O)N2Cc3ccccc3C2)c1O. The molecule has 4 heteroatoms. The third kappa shape index (κ3) is 2.30. The first kappa shape index (κ1) is 14.4. The molecule has 0 unspecified atom stereocenters. The molecular formula is C18H19NO3. The predicted octanol–water partition coefficient (Wildman–Crippen LogP) is 3.38. The van der Waals surface area contributed by atoms with Crippen LogP contribution in [0.25, 0.3) is 0 Å². The Bertz CT molecular complexity index is 712. The molecule has 0 saturated heterocycles. The van der Waals surface area contributed by atoms with E-state index in [2.05, 4.69) is 0 Å². The van der Waals surface area contributed by atoms with Gasteiger partial charge in [-0.1, -0.05) is 44.2 Å². The van der Waals surface area contributed by atoms with Crippen molar-refractivity contribution in [3.8, 4) is 11.5 Å². The molecule has 1 aliphatic heterocycles. The first-order valence-electron chi connectivity index (χ1n) is 7.40. The molecule has 0 fully saturated rings. The van der Waals surface area contributed by atoms with Gasteiger partial charge in [-0.15, -0.1) is 0 Å². The number of nitrogens with zero attached hydrogens (tertiary/aromatic N) is 1. The number of amides is 1. The van der Waals surface area contributed by atoms with Gasteiger partial charge in [-0.05, 0) is 28.7 Å². The summed E-state index contributed by atoms with van der Waals surface area (Å²) in [6, 6.07) is 11.0. The van der Waals surface area contributed by atoms with Crippen LogP contribution in [0, 0.1) is 0 Å². The average molecular weight is 297 g/mol. The van der Waals surface area contributed by atoms with Crippen LogP contribution in [0.3, 0.4) is 0 Å². The molecule has 3 rings (SSSR count). The van der Waals surface area contributed by atoms with Gasteiger partial charge in [-0.25, -0.2) is 0 Å². The van der Waals surface area contributed by atoms with Crippen LogP contribution in [0.4, 0.5) is 0 Å². The van der Waals surface area contributed by atoms with Crippen LogP contribution in [0.15, 0.2) is 36.4 Å². The van der Waals surface area contributed by atoms with Gasteiger partial charge >= 0.3 is 0 Å². The zero-order chi connectivity index (χ0) is 15.9. The van der Waals surface area contributed by atoms with Crippen molar-refractivity contribution in [1.29, 1.82) is 0 Å². The maximum atomic E-state index is 12.7. The Labute approximate surface area is 129 Å². The Kier molecular flexibility index (Phi) is 3.53. The molecule has 0 aliphatic carbocycles. The minimum Gasteiger partial charge on any atom is -0.507 e. The van der Waals surface area contributed by atoms with Gasteiger partial charge in [-0.2, -0.15) is 0 Å². The molecule has 2 aromatic carbocycles. The van der Waals surface area contributed by atoms with Crippen molar-refractivity contribution in [1.82, 2.24) is 4.90 Å². The Morgan fingerprint density at radius 3 is 2.18 bits per heavy atom. The van der Waals surface area contributed by atoms with Gasteiger partial charge in [0.2, 0.25) is 0 Å². The van der Waals surface area contributed by atoms with Crippen molar-refractivity contribution in [3.63, 3.8) is 0 Å². The summed E-state index contributed by atoms with van der Waals surface area (Å²) in [7, 11) is 0. The number of carbonyl (C=O) groups excluding carboxylic acids is 1. The highest BCUT2D eigenvalue weighted by Gasteiger charge is 2.29. The highest BCUT2D eigenvalue weighted by molar-refractivity contribution is 6.00. The largest absolute Gasteiger partial charge is 0.507 e. The quantitative estimate of drug-likeness (QED) is 0.893. The second-order valence-electron chi connectivity index (χ2n) is 5.98. The van der Waals surface area contributed by atoms with Crippen LogP contribution < -0.4 is 0 Å². The molecule has 0 radical (unpaired) electrons. The lowest BCUT2D eigenvalue weighted by atomic mass is 9.98. The molecule has 0 bridgehead atoms. The Morgan fingerprint density at radius 1 is 1.05 bits per heavy atom. The van der Waals surface area contributed by atoms with Crippen LogP contribution in [-0.2, 0) is 13.1 Å². The second kappa shape index (κ2) is 5.37. The summed E-state index contributed by atoms with van der Waals surface area (Å²) in [6.07, 6.45) is 0. The van der Waals surface area contributed by atoms with E-state index in [1.165, 1.54) is 6.07 Å². The van der Waals surface area contributed by atoms with E-state index in [9.17, 15) is 15.0 Å². The van der Waals surface area contributed by atoms with E-state index in [-0.39, 0.29) is 28.9 Å². The normalized spacial score (nSPS) is 13.5. The highest BCUT2D eigenvalue weighted by Crippen LogP contribution is 2.36. The summed E-state index contributed by atoms with van der Waals surface area (Å²) in [4.78, 5) is 14.4. The van der Waals surface area contributed by atoms with Crippen LogP contribution in [0.2, 0.25) is 0 Å². The third-order valence-corrected chi connectivity index (χ3v) is 4.15. The number of hydrogen-bond donors (Lipinski definition) is 2. The molecule has 0 saturated carbocycles. The van der Waals surface area contributed by atoms with Crippen molar-refractivity contribution in [2.75, 3.05) is 0 Å². The monoisotopic (exact) mass is 297 g/mol. The van der Waals surface area contributed by atoms with Crippen molar-refractivity contribution in [2.45, 2.75) is 32.9 Å². The zero-order valence-corrected chi connectivity index (χ0v) is 12.7. The minimum absolute atomic E-state index is 0.000920. The number of fused-ring (bicyclic) bond motifs is 1. The van der Waals surface area contributed by atoms with Gasteiger partial charge in [0.05, 0.1) is 0 Å². The van der Waals surface area contributed by atoms with Crippen LogP contribution in [-0.4, -0.2) is 21.0 Å². The lowest BCUT2D eigenvalue weighted by molar-refractivity contribution is 0.0745. The van der Waals surface area contributed by atoms with E-state index in [1.54, 1.807) is 11.0 Å². The molecule has 1 aliphatic rings. The number of carbonyl (C=O) groups is 1. The summed E-state index contributed by atoms with van der Waals surface area (Å²) in [5.74, 6) is -0.560. The van der Waals surface area contributed by atoms with Crippen LogP contribution in [0.5, 0.6) is 11.5 Å². The maximum Gasteiger partial charge on any atom is 0.262 e. The number of phenols is 2. The molecule has 22 heavy (non-hydrogen) atoms. The Balaban J connectivity index is 1.96. The van der Waals surface area contributed by atoms with E-state index in [1.807, 2.05) is 38.1 Å². The number of benzene rings is 2. The summed E-state index contributed by atoms with van der Waals surface area (Å²) in [5.41, 5.74) is 2.88.